The van der Waals surface area contributed by atoms with Gasteiger partial charge in [0.2, 0.25) is 0 Å². The third-order valence-corrected chi connectivity index (χ3v) is 21.3. The van der Waals surface area contributed by atoms with Gasteiger partial charge in [0, 0.05) is 43.6 Å². The van der Waals surface area contributed by atoms with Gasteiger partial charge in [0.15, 0.2) is 47.3 Å². The molecule has 15 rings (SSSR count). The quantitative estimate of drug-likeness (QED) is 0.270. The molecule has 0 N–H and O–H groups in total. The summed E-state index contributed by atoms with van der Waals surface area (Å²) in [4.78, 5) is 148. The second-order valence-corrected chi connectivity index (χ2v) is 26.0. The van der Waals surface area contributed by atoms with Crippen molar-refractivity contribution in [2.24, 2.45) is 0 Å². The number of alkyl halides is 4. The standard InChI is InChI=1S/C50H56Br4N16O12/c1-47-49(3)67-23-59-37-35-55(39(59)71)21-57-36-38-61(41(57)73)25-69-45(77)65-19-29-30(34(82-16-12-54)8-7-33(29)81-15-11-53)20-66-46(78)70(50(69,4)48(65,66)2)26-62(38)42(74)58(36)22-56(35)40(72)60(37)24-68(49)44(76)64(47)18-28-27(17-63(47)43(67)75)31(79-13-9-51)5-6-32(28)80-14-10-52/h5-8,35-38H,9-26H2,1-4H3/t35-,36+,37+,38-,47+,48-,49-,50+. The van der Waals surface area contributed by atoms with Gasteiger partial charge in [-0.05, 0) is 52.0 Å². The normalized spacial score (nSPS) is 32.3. The van der Waals surface area contributed by atoms with Crippen LogP contribution in [0.4, 0.5) is 38.4 Å². The first-order valence-corrected chi connectivity index (χ1v) is 31.6. The van der Waals surface area contributed by atoms with Crippen LogP contribution < -0.4 is 18.9 Å². The average molecular weight is 1390 g/mol. The van der Waals surface area contributed by atoms with Gasteiger partial charge in [0.1, 0.15) is 63.0 Å². The average Bonchev–Trinajstić information content (AvgIpc) is 1.95. The number of carbonyl (C=O) groups is 8. The fourth-order valence-corrected chi connectivity index (χ4v) is 16.4. The Morgan fingerprint density at radius 1 is 0.329 bits per heavy atom. The first kappa shape index (κ1) is 52.5. The van der Waals surface area contributed by atoms with Crippen molar-refractivity contribution in [1.82, 2.24) is 78.4 Å². The van der Waals surface area contributed by atoms with Gasteiger partial charge in [0.05, 0.1) is 52.6 Å². The summed E-state index contributed by atoms with van der Waals surface area (Å²) in [6, 6.07) is 3.02. The number of urea groups is 8. The fourth-order valence-electron chi connectivity index (χ4n) is 15.8. The highest BCUT2D eigenvalue weighted by atomic mass is 79.9. The molecule has 436 valence electrons. The number of hydrogen-bond donors (Lipinski definition) is 0. The summed E-state index contributed by atoms with van der Waals surface area (Å²) in [5.41, 5.74) is -3.02. The molecule has 2 aromatic rings. The number of carbonyl (C=O) groups excluding carboxylic acids is 8. The molecule has 82 heavy (non-hydrogen) atoms. The molecule has 11 saturated heterocycles. The van der Waals surface area contributed by atoms with E-state index >= 15 is 38.4 Å². The molecule has 11 fully saturated rings. The number of rotatable bonds is 12. The van der Waals surface area contributed by atoms with Gasteiger partial charge < -0.3 is 18.9 Å². The third-order valence-electron chi connectivity index (χ3n) is 20.0. The molecule has 13 aliphatic heterocycles. The number of amides is 16. The van der Waals surface area contributed by atoms with Crippen molar-refractivity contribution < 1.29 is 57.3 Å². The predicted octanol–water partition coefficient (Wildman–Crippen LogP) is 4.36. The molecule has 2 aromatic carbocycles. The third kappa shape index (κ3) is 6.06. The number of nitrogens with zero attached hydrogens (tertiary/aromatic N) is 16. The van der Waals surface area contributed by atoms with E-state index in [1.54, 1.807) is 57.7 Å². The van der Waals surface area contributed by atoms with Crippen LogP contribution in [0.2, 0.25) is 0 Å². The summed E-state index contributed by atoms with van der Waals surface area (Å²) >= 11 is 13.8. The molecule has 13 aliphatic rings. The lowest BCUT2D eigenvalue weighted by atomic mass is 9.95. The van der Waals surface area contributed by atoms with Gasteiger partial charge >= 0.3 is 48.2 Å². The number of halogens is 4. The van der Waals surface area contributed by atoms with Crippen LogP contribution in [0.15, 0.2) is 24.3 Å². The summed E-state index contributed by atoms with van der Waals surface area (Å²) < 4.78 is 24.9. The van der Waals surface area contributed by atoms with Gasteiger partial charge in [-0.25, -0.2) is 38.4 Å². The molecule has 0 aromatic heterocycles. The van der Waals surface area contributed by atoms with E-state index in [2.05, 4.69) is 63.7 Å². The van der Waals surface area contributed by atoms with Gasteiger partial charge in [0.25, 0.3) is 0 Å². The Morgan fingerprint density at radius 3 is 0.732 bits per heavy atom. The van der Waals surface area contributed by atoms with Crippen molar-refractivity contribution in [3.8, 4) is 23.0 Å². The largest absolute Gasteiger partial charge is 0.492 e. The summed E-state index contributed by atoms with van der Waals surface area (Å²) in [6.07, 6.45) is -4.42. The maximum absolute atomic E-state index is 15.5. The lowest BCUT2D eigenvalue weighted by molar-refractivity contribution is -0.0871. The van der Waals surface area contributed by atoms with Gasteiger partial charge in [-0.2, -0.15) is 0 Å². The molecular weight excluding hydrogens is 1340 g/mol. The number of benzene rings is 2. The van der Waals surface area contributed by atoms with Gasteiger partial charge in [-0.15, -0.1) is 0 Å². The van der Waals surface area contributed by atoms with Crippen LogP contribution in [0.25, 0.3) is 0 Å². The smallest absolute Gasteiger partial charge is 0.326 e. The minimum absolute atomic E-state index is 0.0240. The molecule has 32 heteroatoms. The van der Waals surface area contributed by atoms with E-state index in [0.29, 0.717) is 93.0 Å². The monoisotopic (exact) mass is 1390 g/mol. The highest BCUT2D eigenvalue weighted by molar-refractivity contribution is 9.09. The second kappa shape index (κ2) is 17.6. The summed E-state index contributed by atoms with van der Waals surface area (Å²) in [6.45, 7) is 6.44. The van der Waals surface area contributed by atoms with E-state index in [-0.39, 0.29) is 52.9 Å². The highest BCUT2D eigenvalue weighted by Crippen LogP contribution is 2.59. The number of hydrogen-bond acceptors (Lipinski definition) is 12. The van der Waals surface area contributed by atoms with Crippen molar-refractivity contribution in [2.45, 2.75) is 101 Å². The van der Waals surface area contributed by atoms with Gasteiger partial charge in [-0.1, -0.05) is 63.7 Å². The summed E-state index contributed by atoms with van der Waals surface area (Å²) in [7, 11) is 0. The summed E-state index contributed by atoms with van der Waals surface area (Å²) in [5.74, 6) is 2.12. The zero-order chi connectivity index (χ0) is 57.2. The Kier molecular flexibility index (Phi) is 11.3. The van der Waals surface area contributed by atoms with Crippen molar-refractivity contribution in [2.75, 3.05) is 87.8 Å². The van der Waals surface area contributed by atoms with Crippen LogP contribution in [0.5, 0.6) is 23.0 Å². The summed E-state index contributed by atoms with van der Waals surface area (Å²) in [5, 5.41) is 2.18. The van der Waals surface area contributed by atoms with E-state index in [4.69, 9.17) is 18.9 Å². The van der Waals surface area contributed by atoms with Crippen molar-refractivity contribution >= 4 is 112 Å². The second-order valence-electron chi connectivity index (χ2n) is 22.8. The zero-order valence-corrected chi connectivity index (χ0v) is 51.3. The predicted molar refractivity (Wildman–Crippen MR) is 295 cm³/mol. The van der Waals surface area contributed by atoms with Crippen LogP contribution in [0.3, 0.4) is 0 Å². The van der Waals surface area contributed by atoms with Crippen LogP contribution in [-0.4, -0.2) is 262 Å². The Morgan fingerprint density at radius 2 is 0.524 bits per heavy atom. The molecule has 0 spiro atoms. The maximum Gasteiger partial charge on any atom is 0.326 e. The van der Waals surface area contributed by atoms with E-state index in [9.17, 15) is 0 Å². The van der Waals surface area contributed by atoms with Crippen LogP contribution in [0, 0.1) is 0 Å². The molecule has 0 atom stereocenters. The van der Waals surface area contributed by atoms with Crippen LogP contribution in [-0.2, 0) is 26.2 Å². The Hall–Kier alpha value is -6.28. The van der Waals surface area contributed by atoms with Crippen molar-refractivity contribution in [1.29, 1.82) is 0 Å². The van der Waals surface area contributed by atoms with Crippen LogP contribution >= 0.6 is 63.7 Å². The number of ether oxygens (including phenoxy) is 4. The molecule has 0 bridgehead atoms. The SMILES string of the molecule is C[C@]12N3Cc4c(OCCBr)ccc(OCCBr)c4CN1C(=O)N1CN4C(=O)N5CN6C(=O)N7CN8C(=O)N9Cc%10c(OCCBr)ccc(OCCBr)c%10CN%10C(=O)N(CN%11C(=O)N(CN%12C(=O)N(CN(C3=O)[C@]12C)[C@@H]4[C@H]%125)[C@@H]6[C@H]%117)[C@]8(C)[C@@]9%10C. The molecule has 0 unspecified atom stereocenters. The molecule has 28 nitrogen and oxygen atoms in total. The minimum atomic E-state index is -1.48. The Bertz CT molecular complexity index is 2880. The molecule has 0 radical (unpaired) electrons. The molecule has 13 heterocycles. The lowest BCUT2D eigenvalue weighted by Crippen LogP contribution is -2.69. The first-order chi connectivity index (χ1) is 39.4. The molecule has 16 amide bonds. The van der Waals surface area contributed by atoms with Crippen molar-refractivity contribution in [3.05, 3.63) is 46.5 Å². The van der Waals surface area contributed by atoms with Crippen molar-refractivity contribution in [3.63, 3.8) is 0 Å². The maximum atomic E-state index is 15.5. The first-order valence-electron chi connectivity index (χ1n) is 27.1. The zero-order valence-electron chi connectivity index (χ0n) is 44.9. The molecular formula is C50H56Br4N16O12. The van der Waals surface area contributed by atoms with E-state index in [1.165, 1.54) is 58.8 Å². The fraction of sp³-hybridized carbons (Fsp3) is 0.600. The lowest BCUT2D eigenvalue weighted by Gasteiger charge is -2.49. The molecule has 0 saturated carbocycles. The van der Waals surface area contributed by atoms with Crippen LogP contribution in [0.1, 0.15) is 49.9 Å². The number of fused-ring (bicyclic) bond motifs is 2. The minimum Gasteiger partial charge on any atom is -0.492 e. The van der Waals surface area contributed by atoms with E-state index in [1.807, 2.05) is 13.8 Å². The van der Waals surface area contributed by atoms with E-state index < -0.39 is 109 Å². The topological polar surface area (TPSA) is 225 Å². The highest BCUT2D eigenvalue weighted by Gasteiger charge is 2.80. The van der Waals surface area contributed by atoms with Gasteiger partial charge in [-0.3, -0.25) is 78.4 Å². The molecule has 0 aliphatic carbocycles. The Balaban J connectivity index is 0.785. The van der Waals surface area contributed by atoms with E-state index in [0.717, 1.165) is 0 Å². The Labute approximate surface area is 503 Å².